The zero-order valence-electron chi connectivity index (χ0n) is 16.3. The lowest BCUT2D eigenvalue weighted by molar-refractivity contribution is -0.303. The second kappa shape index (κ2) is 8.29. The number of hydrogen-bond donors (Lipinski definition) is 5. The maximum atomic E-state index is 12.9. The second-order valence-electron chi connectivity index (χ2n) is 7.46. The quantitative estimate of drug-likeness (QED) is 0.395. The standard InChI is InChI=1S/C22H22O9/c23-9-19-21(28)17(26)8-22(11-24,31-19)30-14-5-6-15-18(7-14)29-10-16(20(15)27)12-1-3-13(25)4-2-12/h1-7,10,17,19,21,23-26,28H,8-9,11H2/t17?,19?,21-,22+/m0/s1. The molecule has 0 amide bonds. The van der Waals surface area contributed by atoms with Crippen molar-refractivity contribution in [3.05, 3.63) is 59.0 Å². The fraction of sp³-hybridized carbons (Fsp3) is 0.318. The van der Waals surface area contributed by atoms with Crippen molar-refractivity contribution in [3.63, 3.8) is 0 Å². The number of phenols is 1. The monoisotopic (exact) mass is 430 g/mol. The highest BCUT2D eigenvalue weighted by Crippen LogP contribution is 2.33. The highest BCUT2D eigenvalue weighted by Gasteiger charge is 2.47. The molecule has 3 aromatic rings. The molecule has 164 valence electrons. The van der Waals surface area contributed by atoms with Crippen LogP contribution >= 0.6 is 0 Å². The average Bonchev–Trinajstić information content (AvgIpc) is 2.77. The molecule has 1 aliphatic rings. The summed E-state index contributed by atoms with van der Waals surface area (Å²) in [4.78, 5) is 12.9. The van der Waals surface area contributed by atoms with E-state index < -0.39 is 37.3 Å². The molecule has 1 aliphatic heterocycles. The molecule has 2 aromatic carbocycles. The molecule has 4 rings (SSSR count). The Hall–Kier alpha value is -2.95. The van der Waals surface area contributed by atoms with Crippen LogP contribution in [0.15, 0.2) is 57.9 Å². The van der Waals surface area contributed by atoms with Crippen LogP contribution in [0.3, 0.4) is 0 Å². The van der Waals surface area contributed by atoms with Crippen LogP contribution in [0.4, 0.5) is 0 Å². The highest BCUT2D eigenvalue weighted by atomic mass is 16.7. The minimum absolute atomic E-state index is 0.0829. The molecule has 2 unspecified atom stereocenters. The van der Waals surface area contributed by atoms with Crippen LogP contribution in [-0.2, 0) is 4.74 Å². The molecular weight excluding hydrogens is 408 g/mol. The van der Waals surface area contributed by atoms with Gasteiger partial charge in [-0.15, -0.1) is 0 Å². The zero-order valence-corrected chi connectivity index (χ0v) is 16.3. The van der Waals surface area contributed by atoms with E-state index in [1.807, 2.05) is 0 Å². The SMILES string of the molecule is O=c1c(-c2ccc(O)cc2)coc2cc(O[C@]3(CO)CC(O)[C@H](O)C(CO)O3)ccc12. The predicted molar refractivity (Wildman–Crippen MR) is 109 cm³/mol. The summed E-state index contributed by atoms with van der Waals surface area (Å²) in [5, 5.41) is 48.9. The Labute approximate surface area is 176 Å². The van der Waals surface area contributed by atoms with Gasteiger partial charge in [0.05, 0.1) is 23.7 Å². The lowest BCUT2D eigenvalue weighted by Crippen LogP contribution is -2.59. The Morgan fingerprint density at radius 3 is 2.52 bits per heavy atom. The lowest BCUT2D eigenvalue weighted by atomic mass is 9.96. The van der Waals surface area contributed by atoms with Gasteiger partial charge >= 0.3 is 0 Å². The molecule has 9 nitrogen and oxygen atoms in total. The maximum Gasteiger partial charge on any atom is 0.236 e. The average molecular weight is 430 g/mol. The van der Waals surface area contributed by atoms with Crippen LogP contribution < -0.4 is 10.2 Å². The van der Waals surface area contributed by atoms with Gasteiger partial charge in [-0.1, -0.05) is 12.1 Å². The van der Waals surface area contributed by atoms with Crippen LogP contribution in [0.5, 0.6) is 11.5 Å². The normalized spacial score (nSPS) is 26.1. The molecule has 0 radical (unpaired) electrons. The summed E-state index contributed by atoms with van der Waals surface area (Å²) < 4.78 is 16.9. The minimum atomic E-state index is -1.69. The van der Waals surface area contributed by atoms with Gasteiger partial charge in [-0.3, -0.25) is 4.79 Å². The van der Waals surface area contributed by atoms with Crippen molar-refractivity contribution in [1.82, 2.24) is 0 Å². The summed E-state index contributed by atoms with van der Waals surface area (Å²) in [5.74, 6) is -1.41. The third-order valence-electron chi connectivity index (χ3n) is 5.31. The van der Waals surface area contributed by atoms with Crippen LogP contribution in [0.1, 0.15) is 6.42 Å². The van der Waals surface area contributed by atoms with Crippen molar-refractivity contribution in [2.45, 2.75) is 30.5 Å². The fourth-order valence-corrected chi connectivity index (χ4v) is 3.65. The van der Waals surface area contributed by atoms with Gasteiger partial charge in [0.2, 0.25) is 5.79 Å². The molecule has 0 bridgehead atoms. The third kappa shape index (κ3) is 4.01. The Kier molecular flexibility index (Phi) is 5.69. The number of ether oxygens (including phenoxy) is 2. The molecule has 31 heavy (non-hydrogen) atoms. The summed E-state index contributed by atoms with van der Waals surface area (Å²) in [5.41, 5.74) is 0.870. The number of hydrogen-bond acceptors (Lipinski definition) is 9. The summed E-state index contributed by atoms with van der Waals surface area (Å²) >= 11 is 0. The number of aliphatic hydroxyl groups is 4. The van der Waals surface area contributed by atoms with E-state index in [9.17, 15) is 30.3 Å². The predicted octanol–water partition coefficient (Wildman–Crippen LogP) is 0.736. The van der Waals surface area contributed by atoms with E-state index >= 15 is 0 Å². The van der Waals surface area contributed by atoms with Gasteiger partial charge < -0.3 is 39.4 Å². The first-order valence-electron chi connectivity index (χ1n) is 9.65. The van der Waals surface area contributed by atoms with Gasteiger partial charge in [0.25, 0.3) is 0 Å². The van der Waals surface area contributed by atoms with E-state index in [0.717, 1.165) is 0 Å². The summed E-state index contributed by atoms with van der Waals surface area (Å²) in [6.07, 6.45) is -2.65. The molecule has 0 saturated carbocycles. The molecular formula is C22H22O9. The van der Waals surface area contributed by atoms with Crippen molar-refractivity contribution in [2.24, 2.45) is 0 Å². The van der Waals surface area contributed by atoms with Gasteiger partial charge in [0, 0.05) is 12.5 Å². The van der Waals surface area contributed by atoms with Gasteiger partial charge in [-0.2, -0.15) is 0 Å². The van der Waals surface area contributed by atoms with E-state index in [2.05, 4.69) is 0 Å². The van der Waals surface area contributed by atoms with Crippen molar-refractivity contribution in [1.29, 1.82) is 0 Å². The van der Waals surface area contributed by atoms with Crippen LogP contribution in [0, 0.1) is 0 Å². The smallest absolute Gasteiger partial charge is 0.236 e. The van der Waals surface area contributed by atoms with Crippen molar-refractivity contribution in [3.8, 4) is 22.6 Å². The highest BCUT2D eigenvalue weighted by molar-refractivity contribution is 5.82. The second-order valence-corrected chi connectivity index (χ2v) is 7.46. The van der Waals surface area contributed by atoms with Gasteiger partial charge in [-0.25, -0.2) is 0 Å². The molecule has 9 heteroatoms. The number of rotatable bonds is 5. The molecule has 1 saturated heterocycles. The molecule has 1 aromatic heterocycles. The van der Waals surface area contributed by atoms with E-state index in [-0.39, 0.29) is 28.9 Å². The summed E-state index contributed by atoms with van der Waals surface area (Å²) in [6, 6.07) is 10.6. The lowest BCUT2D eigenvalue weighted by Gasteiger charge is -2.43. The molecule has 4 atom stereocenters. The minimum Gasteiger partial charge on any atom is -0.508 e. The topological polar surface area (TPSA) is 150 Å². The first kappa shape index (κ1) is 21.3. The molecule has 0 spiro atoms. The molecule has 5 N–H and O–H groups in total. The van der Waals surface area contributed by atoms with Gasteiger partial charge in [0.1, 0.15) is 42.2 Å². The Bertz CT molecular complexity index is 1120. The fourth-order valence-electron chi connectivity index (χ4n) is 3.65. The number of benzene rings is 2. The Morgan fingerprint density at radius 1 is 1.10 bits per heavy atom. The van der Waals surface area contributed by atoms with Gasteiger partial charge in [0.15, 0.2) is 5.43 Å². The van der Waals surface area contributed by atoms with Crippen molar-refractivity contribution >= 4 is 11.0 Å². The maximum absolute atomic E-state index is 12.9. The number of phenolic OH excluding ortho intramolecular Hbond substituents is 1. The molecule has 1 fully saturated rings. The molecule has 2 heterocycles. The third-order valence-corrected chi connectivity index (χ3v) is 5.31. The summed E-state index contributed by atoms with van der Waals surface area (Å²) in [6.45, 7) is -1.22. The van der Waals surface area contributed by atoms with E-state index in [1.54, 1.807) is 12.1 Å². The number of aliphatic hydroxyl groups excluding tert-OH is 4. The number of aromatic hydroxyl groups is 1. The van der Waals surface area contributed by atoms with Crippen LogP contribution in [0.25, 0.3) is 22.1 Å². The van der Waals surface area contributed by atoms with E-state index in [4.69, 9.17) is 13.9 Å². The first-order chi connectivity index (χ1) is 14.9. The van der Waals surface area contributed by atoms with Gasteiger partial charge in [-0.05, 0) is 29.8 Å². The van der Waals surface area contributed by atoms with Crippen LogP contribution in [0.2, 0.25) is 0 Å². The van der Waals surface area contributed by atoms with E-state index in [0.29, 0.717) is 16.5 Å². The van der Waals surface area contributed by atoms with Crippen LogP contribution in [-0.4, -0.2) is 62.8 Å². The number of fused-ring (bicyclic) bond motifs is 1. The molecule has 0 aliphatic carbocycles. The van der Waals surface area contributed by atoms with E-state index in [1.165, 1.54) is 36.6 Å². The van der Waals surface area contributed by atoms with Crippen molar-refractivity contribution < 1.29 is 39.4 Å². The summed E-state index contributed by atoms with van der Waals surface area (Å²) in [7, 11) is 0. The first-order valence-corrected chi connectivity index (χ1v) is 9.65. The zero-order chi connectivity index (χ0) is 22.2. The Morgan fingerprint density at radius 2 is 1.84 bits per heavy atom. The van der Waals surface area contributed by atoms with Crippen molar-refractivity contribution in [2.75, 3.05) is 13.2 Å². The Balaban J connectivity index is 1.66. The largest absolute Gasteiger partial charge is 0.508 e.